The van der Waals surface area contributed by atoms with E-state index < -0.39 is 0 Å². The molecule has 0 aliphatic rings. The highest BCUT2D eigenvalue weighted by molar-refractivity contribution is 9.10. The fourth-order valence-corrected chi connectivity index (χ4v) is 1.70. The molecule has 18 heavy (non-hydrogen) atoms. The van der Waals surface area contributed by atoms with Crippen LogP contribution in [0.3, 0.4) is 0 Å². The highest BCUT2D eigenvalue weighted by Gasteiger charge is 2.23. The summed E-state index contributed by atoms with van der Waals surface area (Å²) in [5.74, 6) is -0.167. The fraction of sp³-hybridized carbons (Fsp3) is 0.500. The lowest BCUT2D eigenvalue weighted by atomic mass is 9.85. The molecule has 1 aromatic rings. The van der Waals surface area contributed by atoms with Gasteiger partial charge in [-0.1, -0.05) is 32.4 Å². The number of halogens is 2. The third-order valence-electron chi connectivity index (χ3n) is 2.60. The molecule has 1 amide bonds. The molecule has 3 N–H and O–H groups in total. The van der Waals surface area contributed by atoms with Crippen LogP contribution in [0.15, 0.2) is 16.7 Å². The van der Waals surface area contributed by atoms with Crippen LogP contribution in [0.1, 0.15) is 27.2 Å². The topological polar surface area (TPSA) is 68.0 Å². The number of pyridine rings is 1. The van der Waals surface area contributed by atoms with Crippen molar-refractivity contribution in [2.45, 2.75) is 33.2 Å². The number of hydrogen-bond donors (Lipinski definition) is 2. The van der Waals surface area contributed by atoms with Crippen LogP contribution < -0.4 is 11.1 Å². The summed E-state index contributed by atoms with van der Waals surface area (Å²) in [7, 11) is 0. The lowest BCUT2D eigenvalue weighted by molar-refractivity contribution is -0.117. The lowest BCUT2D eigenvalue weighted by Gasteiger charge is -2.26. The first-order chi connectivity index (χ1) is 8.20. The Morgan fingerprint density at radius 3 is 2.78 bits per heavy atom. The molecule has 0 aliphatic heterocycles. The fourth-order valence-electron chi connectivity index (χ4n) is 1.22. The van der Waals surface area contributed by atoms with E-state index in [1.165, 1.54) is 0 Å². The monoisotopic (exact) mass is 333 g/mol. The van der Waals surface area contributed by atoms with Crippen LogP contribution in [-0.4, -0.2) is 16.9 Å². The molecule has 100 valence electrons. The average molecular weight is 335 g/mol. The molecule has 1 atom stereocenters. The zero-order valence-corrected chi connectivity index (χ0v) is 13.0. The quantitative estimate of drug-likeness (QED) is 0.834. The van der Waals surface area contributed by atoms with Crippen molar-refractivity contribution in [2.24, 2.45) is 11.1 Å². The third kappa shape index (κ3) is 4.55. The van der Waals surface area contributed by atoms with Gasteiger partial charge >= 0.3 is 0 Å². The smallest absolute Gasteiger partial charge is 0.226 e. The normalized spacial score (nSPS) is 13.2. The maximum Gasteiger partial charge on any atom is 0.226 e. The van der Waals surface area contributed by atoms with Gasteiger partial charge in [0, 0.05) is 23.1 Å². The molecule has 1 aromatic heterocycles. The van der Waals surface area contributed by atoms with Gasteiger partial charge < -0.3 is 11.1 Å². The summed E-state index contributed by atoms with van der Waals surface area (Å²) in [6.45, 7) is 6.00. The molecule has 0 spiro atoms. The van der Waals surface area contributed by atoms with Crippen LogP contribution in [0.25, 0.3) is 0 Å². The lowest BCUT2D eigenvalue weighted by Crippen LogP contribution is -2.38. The molecular weight excluding hydrogens is 318 g/mol. The van der Waals surface area contributed by atoms with E-state index in [1.807, 2.05) is 20.8 Å². The number of carbonyl (C=O) groups is 1. The number of carbonyl (C=O) groups excluding carboxylic acids is 1. The standard InChI is InChI=1S/C12H17BrClN3O/c1-12(2,3)9(15)5-10(18)17-8-4-7(13)6-16-11(8)14/h4,6,9H,5,15H2,1-3H3,(H,17,18). The summed E-state index contributed by atoms with van der Waals surface area (Å²) in [5.41, 5.74) is 6.32. The van der Waals surface area contributed by atoms with Crippen molar-refractivity contribution >= 4 is 39.1 Å². The number of rotatable bonds is 3. The van der Waals surface area contributed by atoms with E-state index in [2.05, 4.69) is 26.2 Å². The first kappa shape index (κ1) is 15.4. The van der Waals surface area contributed by atoms with E-state index in [4.69, 9.17) is 17.3 Å². The number of nitrogens with zero attached hydrogens (tertiary/aromatic N) is 1. The van der Waals surface area contributed by atoms with Gasteiger partial charge in [0.2, 0.25) is 5.91 Å². The Morgan fingerprint density at radius 1 is 1.61 bits per heavy atom. The van der Waals surface area contributed by atoms with Gasteiger partial charge in [-0.05, 0) is 27.4 Å². The summed E-state index contributed by atoms with van der Waals surface area (Å²) < 4.78 is 0.752. The van der Waals surface area contributed by atoms with Crippen LogP contribution in [0.4, 0.5) is 5.69 Å². The Labute approximate surface area is 120 Å². The minimum absolute atomic E-state index is 0.114. The molecule has 4 nitrogen and oxygen atoms in total. The number of nitrogens with one attached hydrogen (secondary N) is 1. The van der Waals surface area contributed by atoms with Gasteiger partial charge in [0.25, 0.3) is 0 Å². The maximum absolute atomic E-state index is 11.8. The highest BCUT2D eigenvalue weighted by atomic mass is 79.9. The Bertz CT molecular complexity index is 445. The van der Waals surface area contributed by atoms with Crippen molar-refractivity contribution in [3.8, 4) is 0 Å². The summed E-state index contributed by atoms with van der Waals surface area (Å²) in [6, 6.07) is 1.49. The van der Waals surface area contributed by atoms with E-state index in [0.717, 1.165) is 4.47 Å². The number of anilines is 1. The van der Waals surface area contributed by atoms with E-state index in [0.29, 0.717) is 5.69 Å². The summed E-state index contributed by atoms with van der Waals surface area (Å²) in [4.78, 5) is 15.8. The molecule has 6 heteroatoms. The summed E-state index contributed by atoms with van der Waals surface area (Å²) in [5, 5.41) is 2.97. The Morgan fingerprint density at radius 2 is 2.22 bits per heavy atom. The van der Waals surface area contributed by atoms with Gasteiger partial charge in [0.1, 0.15) is 0 Å². The number of amides is 1. The van der Waals surface area contributed by atoms with Crippen LogP contribution in [0.2, 0.25) is 5.15 Å². The number of hydrogen-bond acceptors (Lipinski definition) is 3. The van der Waals surface area contributed by atoms with Gasteiger partial charge in [0.15, 0.2) is 5.15 Å². The molecular formula is C12H17BrClN3O. The van der Waals surface area contributed by atoms with Gasteiger partial charge in [0.05, 0.1) is 5.69 Å². The zero-order chi connectivity index (χ0) is 13.9. The largest absolute Gasteiger partial charge is 0.327 e. The Balaban J connectivity index is 2.68. The first-order valence-corrected chi connectivity index (χ1v) is 6.73. The van der Waals surface area contributed by atoms with E-state index in [1.54, 1.807) is 12.3 Å². The van der Waals surface area contributed by atoms with Crippen molar-refractivity contribution in [3.63, 3.8) is 0 Å². The Kier molecular flexibility index (Phi) is 5.13. The molecule has 0 bridgehead atoms. The Hall–Kier alpha value is -0.650. The minimum atomic E-state index is -0.212. The van der Waals surface area contributed by atoms with Crippen molar-refractivity contribution < 1.29 is 4.79 Å². The first-order valence-electron chi connectivity index (χ1n) is 5.56. The molecule has 0 aliphatic carbocycles. The molecule has 0 saturated carbocycles. The SMILES string of the molecule is CC(C)(C)C(N)CC(=O)Nc1cc(Br)cnc1Cl. The zero-order valence-electron chi connectivity index (χ0n) is 10.6. The van der Waals surface area contributed by atoms with Crippen LogP contribution in [0.5, 0.6) is 0 Å². The molecule has 1 unspecified atom stereocenters. The second kappa shape index (κ2) is 5.99. The third-order valence-corrected chi connectivity index (χ3v) is 3.33. The molecule has 0 radical (unpaired) electrons. The maximum atomic E-state index is 11.8. The molecule has 0 aromatic carbocycles. The second-order valence-corrected chi connectivity index (χ2v) is 6.49. The average Bonchev–Trinajstić information content (AvgIpc) is 2.22. The molecule has 0 fully saturated rings. The predicted molar refractivity (Wildman–Crippen MR) is 77.6 cm³/mol. The van der Waals surface area contributed by atoms with Crippen molar-refractivity contribution in [1.82, 2.24) is 4.98 Å². The van der Waals surface area contributed by atoms with Crippen LogP contribution >= 0.6 is 27.5 Å². The molecule has 1 rings (SSSR count). The van der Waals surface area contributed by atoms with Crippen LogP contribution in [0, 0.1) is 5.41 Å². The van der Waals surface area contributed by atoms with Crippen molar-refractivity contribution in [3.05, 3.63) is 21.9 Å². The van der Waals surface area contributed by atoms with Crippen LogP contribution in [-0.2, 0) is 4.79 Å². The van der Waals surface area contributed by atoms with E-state index in [9.17, 15) is 4.79 Å². The summed E-state index contributed by atoms with van der Waals surface area (Å²) >= 11 is 9.16. The predicted octanol–water partition coefficient (Wildman–Crippen LogP) is 3.20. The molecule has 0 saturated heterocycles. The van der Waals surface area contributed by atoms with E-state index >= 15 is 0 Å². The van der Waals surface area contributed by atoms with Gasteiger partial charge in [-0.25, -0.2) is 4.98 Å². The van der Waals surface area contributed by atoms with Crippen molar-refractivity contribution in [1.29, 1.82) is 0 Å². The highest BCUT2D eigenvalue weighted by Crippen LogP contribution is 2.24. The minimum Gasteiger partial charge on any atom is -0.327 e. The van der Waals surface area contributed by atoms with E-state index in [-0.39, 0.29) is 28.9 Å². The van der Waals surface area contributed by atoms with Gasteiger partial charge in [-0.2, -0.15) is 0 Å². The molecule has 1 heterocycles. The van der Waals surface area contributed by atoms with Gasteiger partial charge in [-0.3, -0.25) is 4.79 Å². The number of aromatic nitrogens is 1. The second-order valence-electron chi connectivity index (χ2n) is 5.22. The number of nitrogens with two attached hydrogens (primary N) is 1. The summed E-state index contributed by atoms with van der Waals surface area (Å²) in [6.07, 6.45) is 1.81. The van der Waals surface area contributed by atoms with Gasteiger partial charge in [-0.15, -0.1) is 0 Å². The van der Waals surface area contributed by atoms with Crippen molar-refractivity contribution in [2.75, 3.05) is 5.32 Å².